The maximum Gasteiger partial charge on any atom is 0.187 e. The van der Waals surface area contributed by atoms with Gasteiger partial charge in [-0.2, -0.15) is 0 Å². The van der Waals surface area contributed by atoms with Crippen molar-refractivity contribution in [2.45, 2.75) is 62.0 Å². The number of aliphatic hydroxyl groups is 8. The molecule has 0 amide bonds. The van der Waals surface area contributed by atoms with Gasteiger partial charge in [0.25, 0.3) is 0 Å². The topological polar surface area (TPSA) is 197 Å². The Morgan fingerprint density at radius 3 is 2.12 bits per heavy atom. The largest absolute Gasteiger partial charge is 0.394 e. The molecule has 0 saturated carbocycles. The zero-order chi connectivity index (χ0) is 18.6. The van der Waals surface area contributed by atoms with Gasteiger partial charge in [0.15, 0.2) is 12.1 Å². The minimum absolute atomic E-state index is 0.726. The number of rotatable bonds is 8. The van der Waals surface area contributed by atoms with Gasteiger partial charge >= 0.3 is 0 Å². The van der Waals surface area contributed by atoms with Crippen LogP contribution in [0.15, 0.2) is 0 Å². The van der Waals surface area contributed by atoms with Crippen LogP contribution in [0.5, 0.6) is 0 Å². The molecule has 0 spiro atoms. The Bertz CT molecular complexity index is 403. The summed E-state index contributed by atoms with van der Waals surface area (Å²) in [6, 6.07) is 0. The second kappa shape index (κ2) is 9.10. The Morgan fingerprint density at radius 2 is 1.67 bits per heavy atom. The van der Waals surface area contributed by atoms with Crippen LogP contribution >= 0.6 is 0 Å². The first-order valence-corrected chi connectivity index (χ1v) is 7.27. The Balaban J connectivity index is 2.94. The van der Waals surface area contributed by atoms with Crippen molar-refractivity contribution in [3.05, 3.63) is 0 Å². The molecule has 1 aliphatic heterocycles. The molecule has 0 aromatic rings. The molecule has 1 aliphatic rings. The summed E-state index contributed by atoms with van der Waals surface area (Å²) in [5.41, 5.74) is 0. The van der Waals surface area contributed by atoms with E-state index in [0.717, 1.165) is 6.92 Å². The van der Waals surface area contributed by atoms with Gasteiger partial charge in [0, 0.05) is 0 Å². The van der Waals surface area contributed by atoms with E-state index >= 15 is 0 Å². The third-order valence-electron chi connectivity index (χ3n) is 3.78. The fraction of sp³-hybridized carbons (Fsp3) is 0.923. The lowest BCUT2D eigenvalue weighted by molar-refractivity contribution is -0.326. The smallest absolute Gasteiger partial charge is 0.187 e. The van der Waals surface area contributed by atoms with Crippen molar-refractivity contribution < 1.29 is 55.1 Å². The maximum absolute atomic E-state index is 11.2. The number of aliphatic hydroxyl groups excluding tert-OH is 8. The zero-order valence-corrected chi connectivity index (χ0v) is 12.9. The molecule has 8 N–H and O–H groups in total. The molecule has 24 heavy (non-hydrogen) atoms. The number of hydrogen-bond donors (Lipinski definition) is 8. The lowest BCUT2D eigenvalue weighted by Gasteiger charge is -2.42. The molecule has 11 nitrogen and oxygen atoms in total. The van der Waals surface area contributed by atoms with Crippen LogP contribution in [0.1, 0.15) is 6.92 Å². The van der Waals surface area contributed by atoms with Crippen LogP contribution in [-0.2, 0) is 14.3 Å². The summed E-state index contributed by atoms with van der Waals surface area (Å²) in [4.78, 5) is 11.2. The molecule has 1 heterocycles. The summed E-state index contributed by atoms with van der Waals surface area (Å²) in [7, 11) is 0. The van der Waals surface area contributed by atoms with Crippen LogP contribution < -0.4 is 0 Å². The lowest BCUT2D eigenvalue weighted by Crippen LogP contribution is -2.61. The predicted octanol–water partition coefficient (Wildman–Crippen LogP) is -5.16. The van der Waals surface area contributed by atoms with E-state index in [-0.39, 0.29) is 0 Å². The van der Waals surface area contributed by atoms with Crippen molar-refractivity contribution in [2.24, 2.45) is 0 Å². The van der Waals surface area contributed by atoms with Gasteiger partial charge in [-0.3, -0.25) is 4.79 Å². The molecule has 142 valence electrons. The molecule has 1 saturated heterocycles. The van der Waals surface area contributed by atoms with E-state index in [0.29, 0.717) is 0 Å². The number of hydrogen-bond acceptors (Lipinski definition) is 11. The Labute approximate surface area is 137 Å². The molecule has 0 bridgehead atoms. The van der Waals surface area contributed by atoms with Crippen LogP contribution in [-0.4, -0.2) is 115 Å². The van der Waals surface area contributed by atoms with Crippen LogP contribution in [0.3, 0.4) is 0 Å². The van der Waals surface area contributed by atoms with E-state index in [1.165, 1.54) is 0 Å². The summed E-state index contributed by atoms with van der Waals surface area (Å²) >= 11 is 0. The highest BCUT2D eigenvalue weighted by atomic mass is 16.7. The predicted molar refractivity (Wildman–Crippen MR) is 74.4 cm³/mol. The van der Waals surface area contributed by atoms with Crippen LogP contribution in [0.2, 0.25) is 0 Å². The van der Waals surface area contributed by atoms with Gasteiger partial charge in [-0.25, -0.2) is 0 Å². The minimum atomic E-state index is -1.97. The number of carbonyl (C=O) groups excluding carboxylic acids is 1. The Kier molecular flexibility index (Phi) is 8.08. The average molecular weight is 356 g/mol. The van der Waals surface area contributed by atoms with Gasteiger partial charge < -0.3 is 50.3 Å². The second-order valence-electron chi connectivity index (χ2n) is 5.59. The Morgan fingerprint density at radius 1 is 1.08 bits per heavy atom. The molecule has 11 heteroatoms. The molecule has 9 atom stereocenters. The fourth-order valence-corrected chi connectivity index (χ4v) is 2.26. The van der Waals surface area contributed by atoms with E-state index in [1.807, 2.05) is 0 Å². The average Bonchev–Trinajstić information content (AvgIpc) is 2.57. The highest BCUT2D eigenvalue weighted by Crippen LogP contribution is 2.25. The lowest BCUT2D eigenvalue weighted by atomic mass is 9.98. The van der Waals surface area contributed by atoms with Gasteiger partial charge in [0.1, 0.15) is 48.8 Å². The van der Waals surface area contributed by atoms with Crippen LogP contribution in [0.4, 0.5) is 0 Å². The summed E-state index contributed by atoms with van der Waals surface area (Å²) in [6.45, 7) is -0.662. The Hall–Kier alpha value is -0.730. The van der Waals surface area contributed by atoms with Crippen molar-refractivity contribution >= 4 is 5.78 Å². The van der Waals surface area contributed by atoms with Gasteiger partial charge in [0.2, 0.25) is 0 Å². The molecule has 0 aromatic carbocycles. The van der Waals surface area contributed by atoms with E-state index in [4.69, 9.17) is 19.7 Å². The maximum atomic E-state index is 11.2. The van der Waals surface area contributed by atoms with Gasteiger partial charge in [-0.1, -0.05) is 0 Å². The summed E-state index contributed by atoms with van der Waals surface area (Å²) in [5, 5.41) is 76.5. The highest BCUT2D eigenvalue weighted by Gasteiger charge is 2.47. The van der Waals surface area contributed by atoms with E-state index < -0.39 is 74.1 Å². The minimum Gasteiger partial charge on any atom is -0.394 e. The molecule has 0 aromatic heterocycles. The summed E-state index contributed by atoms with van der Waals surface area (Å²) < 4.78 is 10.2. The van der Waals surface area contributed by atoms with Crippen LogP contribution in [0, 0.1) is 0 Å². The van der Waals surface area contributed by atoms with Gasteiger partial charge in [-0.15, -0.1) is 0 Å². The monoisotopic (exact) mass is 356 g/mol. The first kappa shape index (κ1) is 21.3. The quantitative estimate of drug-likeness (QED) is 0.207. The number of ketones is 1. The first-order valence-electron chi connectivity index (χ1n) is 7.27. The SMILES string of the molecule is CC(=O)C(O)C(O)C(O[C@@H]1OC(CO)[C@@H](O)C(O)[C@H]1O)C(O)CO. The standard InChI is InChI=1S/C13H24O11/c1-4(16)7(18)10(21)12(5(17)2-14)24-13-11(22)9(20)8(19)6(3-15)23-13/h5-15,17-22H,2-3H2,1H3/t5?,6?,7?,8-,9?,10?,11-,12?,13+/m1/s1. The molecule has 0 radical (unpaired) electrons. The van der Waals surface area contributed by atoms with E-state index in [9.17, 15) is 35.4 Å². The van der Waals surface area contributed by atoms with Crippen molar-refractivity contribution in [3.63, 3.8) is 0 Å². The number of Topliss-reactive ketones (excluding diaryl/α,β-unsaturated/α-hetero) is 1. The zero-order valence-electron chi connectivity index (χ0n) is 12.9. The molecular formula is C13H24O11. The third kappa shape index (κ3) is 4.67. The van der Waals surface area contributed by atoms with Crippen molar-refractivity contribution in [3.8, 4) is 0 Å². The molecule has 0 aliphatic carbocycles. The fourth-order valence-electron chi connectivity index (χ4n) is 2.26. The van der Waals surface area contributed by atoms with Gasteiger partial charge in [0.05, 0.1) is 13.2 Å². The van der Waals surface area contributed by atoms with E-state index in [2.05, 4.69) is 0 Å². The van der Waals surface area contributed by atoms with Crippen molar-refractivity contribution in [2.75, 3.05) is 13.2 Å². The summed E-state index contributed by atoms with van der Waals surface area (Å²) in [5.74, 6) is -0.838. The second-order valence-corrected chi connectivity index (χ2v) is 5.59. The van der Waals surface area contributed by atoms with Gasteiger partial charge in [-0.05, 0) is 6.92 Å². The third-order valence-corrected chi connectivity index (χ3v) is 3.78. The van der Waals surface area contributed by atoms with Crippen LogP contribution in [0.25, 0.3) is 0 Å². The molecule has 6 unspecified atom stereocenters. The highest BCUT2D eigenvalue weighted by molar-refractivity contribution is 5.80. The first-order chi connectivity index (χ1) is 11.1. The number of ether oxygens (including phenoxy) is 2. The normalized spacial score (nSPS) is 36.0. The molecule has 1 fully saturated rings. The number of carbonyl (C=O) groups is 1. The van der Waals surface area contributed by atoms with Crippen molar-refractivity contribution in [1.82, 2.24) is 0 Å². The van der Waals surface area contributed by atoms with E-state index in [1.54, 1.807) is 0 Å². The summed E-state index contributed by atoms with van der Waals surface area (Å²) in [6.07, 6.45) is -15.7. The molecule has 1 rings (SSSR count). The molecular weight excluding hydrogens is 332 g/mol. The van der Waals surface area contributed by atoms with Crippen molar-refractivity contribution in [1.29, 1.82) is 0 Å².